The van der Waals surface area contributed by atoms with Gasteiger partial charge in [-0.1, -0.05) is 55.7 Å². The lowest BCUT2D eigenvalue weighted by Gasteiger charge is -2.41. The van der Waals surface area contributed by atoms with Gasteiger partial charge in [-0.2, -0.15) is 0 Å². The molecule has 0 bridgehead atoms. The summed E-state index contributed by atoms with van der Waals surface area (Å²) in [6.07, 6.45) is 20.5. The SMILES string of the molecule is C/C(=C\CC/C(C)=C/CCC1(C)CCc2c(C)c(O[Si](C)(C)C(C)(C)C)c(C)c(C)c2O1)CCC=C1CCC1. The Hall–Kier alpha value is -1.74. The minimum atomic E-state index is -1.91. The van der Waals surface area contributed by atoms with Gasteiger partial charge in [0.1, 0.15) is 17.1 Å². The smallest absolute Gasteiger partial charge is 0.250 e. The Morgan fingerprint density at radius 2 is 1.51 bits per heavy atom. The largest absolute Gasteiger partial charge is 0.543 e. The molecule has 3 rings (SSSR count). The molecule has 1 aliphatic heterocycles. The van der Waals surface area contributed by atoms with Gasteiger partial charge < -0.3 is 9.16 Å². The molecule has 1 aromatic rings. The number of hydrogen-bond acceptors (Lipinski definition) is 2. The van der Waals surface area contributed by atoms with Crippen LogP contribution in [0.15, 0.2) is 34.9 Å². The Labute approximate surface area is 242 Å². The van der Waals surface area contributed by atoms with Crippen LogP contribution < -0.4 is 9.16 Å². The van der Waals surface area contributed by atoms with Gasteiger partial charge in [-0.3, -0.25) is 0 Å². The van der Waals surface area contributed by atoms with E-state index >= 15 is 0 Å². The molecular formula is C36H58O2Si. The molecule has 0 saturated heterocycles. The number of benzene rings is 1. The van der Waals surface area contributed by atoms with Crippen LogP contribution in [-0.4, -0.2) is 13.9 Å². The molecule has 218 valence electrons. The van der Waals surface area contributed by atoms with Crippen LogP contribution in [0.1, 0.15) is 128 Å². The van der Waals surface area contributed by atoms with E-state index in [9.17, 15) is 0 Å². The third kappa shape index (κ3) is 8.15. The van der Waals surface area contributed by atoms with Crippen molar-refractivity contribution in [1.29, 1.82) is 0 Å². The zero-order valence-corrected chi connectivity index (χ0v) is 28.3. The topological polar surface area (TPSA) is 18.5 Å². The zero-order valence-electron chi connectivity index (χ0n) is 27.3. The quantitative estimate of drug-likeness (QED) is 0.201. The van der Waals surface area contributed by atoms with Crippen LogP contribution in [0.25, 0.3) is 0 Å². The maximum atomic E-state index is 6.87. The maximum Gasteiger partial charge on any atom is 0.250 e. The van der Waals surface area contributed by atoms with E-state index in [2.05, 4.69) is 93.6 Å². The predicted octanol–water partition coefficient (Wildman–Crippen LogP) is 11.4. The normalized spacial score (nSPS) is 20.3. The van der Waals surface area contributed by atoms with Crippen LogP contribution in [0.5, 0.6) is 11.5 Å². The molecule has 0 amide bonds. The first-order valence-electron chi connectivity index (χ1n) is 15.6. The molecule has 1 unspecified atom stereocenters. The van der Waals surface area contributed by atoms with Crippen molar-refractivity contribution in [3.8, 4) is 11.5 Å². The Bertz CT molecular complexity index is 1110. The van der Waals surface area contributed by atoms with Crippen LogP contribution in [0.3, 0.4) is 0 Å². The van der Waals surface area contributed by atoms with Crippen LogP contribution in [0.4, 0.5) is 0 Å². The van der Waals surface area contributed by atoms with E-state index in [-0.39, 0.29) is 10.6 Å². The first-order chi connectivity index (χ1) is 18.1. The molecule has 3 heteroatoms. The van der Waals surface area contributed by atoms with Gasteiger partial charge in [-0.15, -0.1) is 0 Å². The van der Waals surface area contributed by atoms with Gasteiger partial charge in [-0.25, -0.2) is 0 Å². The van der Waals surface area contributed by atoms with E-state index in [1.807, 2.05) is 0 Å². The fourth-order valence-corrected chi connectivity index (χ4v) is 6.60. The molecule has 1 atom stereocenters. The average molecular weight is 551 g/mol. The maximum absolute atomic E-state index is 6.87. The summed E-state index contributed by atoms with van der Waals surface area (Å²) in [4.78, 5) is 0. The predicted molar refractivity (Wildman–Crippen MR) is 173 cm³/mol. The molecule has 0 N–H and O–H groups in total. The molecule has 0 radical (unpaired) electrons. The van der Waals surface area contributed by atoms with Gasteiger partial charge in [0.15, 0.2) is 0 Å². The molecule has 1 saturated carbocycles. The van der Waals surface area contributed by atoms with E-state index in [1.54, 1.807) is 11.1 Å². The molecular weight excluding hydrogens is 492 g/mol. The van der Waals surface area contributed by atoms with Crippen LogP contribution >= 0.6 is 0 Å². The Morgan fingerprint density at radius 1 is 0.897 bits per heavy atom. The van der Waals surface area contributed by atoms with Crippen LogP contribution in [0, 0.1) is 20.8 Å². The summed E-state index contributed by atoms with van der Waals surface area (Å²) in [7, 11) is -1.91. The first kappa shape index (κ1) is 31.8. The fraction of sp³-hybridized carbons (Fsp3) is 0.667. The molecule has 2 aliphatic rings. The summed E-state index contributed by atoms with van der Waals surface area (Å²) in [5, 5.41) is 0.179. The molecule has 2 nitrogen and oxygen atoms in total. The first-order valence-corrected chi connectivity index (χ1v) is 18.5. The Morgan fingerprint density at radius 3 is 2.10 bits per heavy atom. The number of rotatable bonds is 11. The van der Waals surface area contributed by atoms with Gasteiger partial charge in [0.05, 0.1) is 0 Å². The molecule has 39 heavy (non-hydrogen) atoms. The van der Waals surface area contributed by atoms with Crippen molar-refractivity contribution in [2.24, 2.45) is 0 Å². The Kier molecular flexibility index (Phi) is 10.5. The molecule has 0 aromatic heterocycles. The number of ether oxygens (including phenoxy) is 1. The highest BCUT2D eigenvalue weighted by molar-refractivity contribution is 6.74. The number of fused-ring (bicyclic) bond motifs is 1. The minimum Gasteiger partial charge on any atom is -0.543 e. The lowest BCUT2D eigenvalue weighted by Crippen LogP contribution is -2.44. The van der Waals surface area contributed by atoms with E-state index in [1.165, 1.54) is 59.9 Å². The monoisotopic (exact) mass is 550 g/mol. The lowest BCUT2D eigenvalue weighted by molar-refractivity contribution is 0.0559. The summed E-state index contributed by atoms with van der Waals surface area (Å²) in [5.41, 5.74) is 9.78. The van der Waals surface area contributed by atoms with Crippen molar-refractivity contribution in [2.45, 2.75) is 157 Å². The van der Waals surface area contributed by atoms with Crippen molar-refractivity contribution in [1.82, 2.24) is 0 Å². The summed E-state index contributed by atoms with van der Waals surface area (Å²) in [6, 6.07) is 0. The highest BCUT2D eigenvalue weighted by Gasteiger charge is 2.41. The van der Waals surface area contributed by atoms with Crippen LogP contribution in [0.2, 0.25) is 18.1 Å². The molecule has 1 aliphatic carbocycles. The van der Waals surface area contributed by atoms with Gasteiger partial charge in [0.25, 0.3) is 8.32 Å². The standard InChI is InChI=1S/C36H58O2Si/c1-26(18-13-20-31-21-14-22-31)16-12-17-27(2)19-15-24-36(9)25-23-32-30(5)33(28(3)29(4)34(32)37-36)38-39(10,11)35(6,7)8/h16,19-20H,12-15,17-18,21-25H2,1-11H3/b26-16+,27-19+. The second-order valence-corrected chi connectivity index (χ2v) is 19.1. The summed E-state index contributed by atoms with van der Waals surface area (Å²) in [5.74, 6) is 2.24. The molecule has 1 heterocycles. The summed E-state index contributed by atoms with van der Waals surface area (Å²) in [6.45, 7) is 25.2. The lowest BCUT2D eigenvalue weighted by atomic mass is 9.85. The van der Waals surface area contributed by atoms with Crippen molar-refractivity contribution < 1.29 is 9.16 Å². The van der Waals surface area contributed by atoms with Gasteiger partial charge >= 0.3 is 0 Å². The molecule has 1 aromatic carbocycles. The van der Waals surface area contributed by atoms with Crippen molar-refractivity contribution in [3.05, 3.63) is 57.2 Å². The second-order valence-electron chi connectivity index (χ2n) is 14.4. The van der Waals surface area contributed by atoms with Gasteiger partial charge in [0, 0.05) is 5.56 Å². The van der Waals surface area contributed by atoms with Crippen LogP contribution in [-0.2, 0) is 6.42 Å². The van der Waals surface area contributed by atoms with Gasteiger partial charge in [0.2, 0.25) is 0 Å². The van der Waals surface area contributed by atoms with E-state index in [0.29, 0.717) is 0 Å². The van der Waals surface area contributed by atoms with E-state index in [4.69, 9.17) is 9.16 Å². The number of hydrogen-bond donors (Lipinski definition) is 0. The molecule has 1 fully saturated rings. The van der Waals surface area contributed by atoms with Gasteiger partial charge in [-0.05, 0) is 147 Å². The second kappa shape index (κ2) is 12.8. The van der Waals surface area contributed by atoms with E-state index < -0.39 is 8.32 Å². The Balaban J connectivity index is 1.57. The fourth-order valence-electron chi connectivity index (χ4n) is 5.48. The van der Waals surface area contributed by atoms with Crippen molar-refractivity contribution >= 4 is 8.32 Å². The molecule has 0 spiro atoms. The third-order valence-electron chi connectivity index (χ3n) is 9.89. The van der Waals surface area contributed by atoms with Crippen molar-refractivity contribution in [3.63, 3.8) is 0 Å². The zero-order chi connectivity index (χ0) is 29.0. The highest BCUT2D eigenvalue weighted by Crippen LogP contribution is 2.47. The third-order valence-corrected chi connectivity index (χ3v) is 14.2. The summed E-state index contributed by atoms with van der Waals surface area (Å²) >= 11 is 0. The summed E-state index contributed by atoms with van der Waals surface area (Å²) < 4.78 is 13.7. The highest BCUT2D eigenvalue weighted by atomic mass is 28.4. The number of allylic oxidation sites excluding steroid dienone is 6. The average Bonchev–Trinajstić information content (AvgIpc) is 2.81. The van der Waals surface area contributed by atoms with Crippen molar-refractivity contribution in [2.75, 3.05) is 0 Å². The minimum absolute atomic E-state index is 0.110. The van der Waals surface area contributed by atoms with E-state index in [0.717, 1.165) is 50.0 Å².